The molecule has 0 spiro atoms. The molecule has 1 aliphatic rings. The molecule has 0 saturated carbocycles. The molecule has 2 rings (SSSR count). The Morgan fingerprint density at radius 1 is 1.25 bits per heavy atom. The molecular formula is C21H33N5O2. The van der Waals surface area contributed by atoms with Crippen molar-refractivity contribution in [2.75, 3.05) is 26.7 Å². The van der Waals surface area contributed by atoms with Crippen LogP contribution in [0.25, 0.3) is 0 Å². The second-order valence-corrected chi connectivity index (χ2v) is 7.50. The van der Waals surface area contributed by atoms with Gasteiger partial charge in [-0.1, -0.05) is 36.8 Å². The summed E-state index contributed by atoms with van der Waals surface area (Å²) >= 11 is 0. The number of amides is 3. The largest absolute Gasteiger partial charge is 0.357 e. The third kappa shape index (κ3) is 5.24. The van der Waals surface area contributed by atoms with E-state index in [0.29, 0.717) is 25.9 Å². The third-order valence-electron chi connectivity index (χ3n) is 5.09. The molecule has 2 N–H and O–H groups in total. The quantitative estimate of drug-likeness (QED) is 0.311. The Balaban J connectivity index is 1.91. The molecule has 1 aliphatic heterocycles. The van der Waals surface area contributed by atoms with Crippen molar-refractivity contribution in [1.82, 2.24) is 20.4 Å². The van der Waals surface area contributed by atoms with E-state index >= 15 is 0 Å². The molecule has 1 atom stereocenters. The predicted molar refractivity (Wildman–Crippen MR) is 112 cm³/mol. The summed E-state index contributed by atoms with van der Waals surface area (Å²) in [6.45, 7) is 10.2. The summed E-state index contributed by atoms with van der Waals surface area (Å²) in [6.07, 6.45) is 1.22. The maximum absolute atomic E-state index is 12.4. The van der Waals surface area contributed by atoms with Crippen LogP contribution >= 0.6 is 0 Å². The molecule has 3 amide bonds. The van der Waals surface area contributed by atoms with Gasteiger partial charge in [0.2, 0.25) is 0 Å². The molecule has 7 heteroatoms. The molecule has 1 heterocycles. The number of carbonyl (C=O) groups excluding carboxylic acids is 2. The van der Waals surface area contributed by atoms with Gasteiger partial charge in [0.25, 0.3) is 5.91 Å². The number of nitrogens with one attached hydrogen (secondary N) is 2. The number of imide groups is 1. The Kier molecular flexibility index (Phi) is 7.43. The number of aryl methyl sites for hydroxylation is 1. The lowest BCUT2D eigenvalue weighted by Gasteiger charge is -2.22. The molecule has 28 heavy (non-hydrogen) atoms. The third-order valence-corrected chi connectivity index (χ3v) is 5.09. The van der Waals surface area contributed by atoms with Gasteiger partial charge in [-0.3, -0.25) is 14.7 Å². The number of hydrogen-bond acceptors (Lipinski definition) is 3. The number of rotatable bonds is 8. The number of carbonyl (C=O) groups is 2. The average molecular weight is 388 g/mol. The lowest BCUT2D eigenvalue weighted by molar-refractivity contribution is -0.130. The number of aliphatic imine (C=N–C) groups is 1. The maximum Gasteiger partial charge on any atom is 0.325 e. The van der Waals surface area contributed by atoms with Crippen molar-refractivity contribution < 1.29 is 9.59 Å². The van der Waals surface area contributed by atoms with Crippen molar-refractivity contribution in [3.8, 4) is 0 Å². The SMILES string of the molecule is CCNC(=NCCCN1C(=O)NC(C)(CC)C1=O)N(C)Cc1ccc(C)cc1. The first-order valence-corrected chi connectivity index (χ1v) is 9.99. The Labute approximate surface area is 168 Å². The first-order chi connectivity index (χ1) is 13.3. The smallest absolute Gasteiger partial charge is 0.325 e. The monoisotopic (exact) mass is 387 g/mol. The minimum atomic E-state index is -0.774. The molecule has 7 nitrogen and oxygen atoms in total. The fraction of sp³-hybridized carbons (Fsp3) is 0.571. The molecule has 0 aliphatic carbocycles. The summed E-state index contributed by atoms with van der Waals surface area (Å²) < 4.78 is 0. The zero-order valence-electron chi connectivity index (χ0n) is 17.7. The predicted octanol–water partition coefficient (Wildman–Crippen LogP) is 2.50. The number of guanidine groups is 1. The van der Waals surface area contributed by atoms with Gasteiger partial charge < -0.3 is 15.5 Å². The zero-order chi connectivity index (χ0) is 20.7. The van der Waals surface area contributed by atoms with Gasteiger partial charge in [-0.15, -0.1) is 0 Å². The maximum atomic E-state index is 12.4. The molecule has 0 bridgehead atoms. The van der Waals surface area contributed by atoms with Crippen molar-refractivity contribution in [2.45, 2.75) is 52.6 Å². The first kappa shape index (κ1) is 21.7. The topological polar surface area (TPSA) is 77.0 Å². The highest BCUT2D eigenvalue weighted by molar-refractivity contribution is 6.06. The summed E-state index contributed by atoms with van der Waals surface area (Å²) in [4.78, 5) is 32.5. The van der Waals surface area contributed by atoms with Crippen molar-refractivity contribution in [2.24, 2.45) is 4.99 Å². The molecule has 1 saturated heterocycles. The summed E-state index contributed by atoms with van der Waals surface area (Å²) in [6, 6.07) is 8.15. The lowest BCUT2D eigenvalue weighted by atomic mass is 9.99. The van der Waals surface area contributed by atoms with Crippen LogP contribution in [0.5, 0.6) is 0 Å². The van der Waals surface area contributed by atoms with E-state index in [2.05, 4.69) is 51.7 Å². The van der Waals surface area contributed by atoms with E-state index in [1.165, 1.54) is 16.0 Å². The van der Waals surface area contributed by atoms with Crippen LogP contribution in [0.4, 0.5) is 4.79 Å². The van der Waals surface area contributed by atoms with Crippen molar-refractivity contribution in [3.63, 3.8) is 0 Å². The standard InChI is InChI=1S/C21H33N5O2/c1-6-21(4)18(27)26(20(28)24-21)14-8-13-23-19(22-7-2)25(5)15-17-11-9-16(3)10-12-17/h9-12H,6-8,13-15H2,1-5H3,(H,22,23)(H,24,28). The van der Waals surface area contributed by atoms with E-state index in [0.717, 1.165) is 19.0 Å². The highest BCUT2D eigenvalue weighted by Crippen LogP contribution is 2.20. The normalized spacial score (nSPS) is 19.8. The van der Waals surface area contributed by atoms with Crippen LogP contribution in [0.2, 0.25) is 0 Å². The van der Waals surface area contributed by atoms with Gasteiger partial charge in [-0.2, -0.15) is 0 Å². The van der Waals surface area contributed by atoms with E-state index in [1.807, 2.05) is 20.9 Å². The van der Waals surface area contributed by atoms with Gasteiger partial charge in [0.05, 0.1) is 0 Å². The molecule has 0 radical (unpaired) electrons. The zero-order valence-corrected chi connectivity index (χ0v) is 17.7. The van der Waals surface area contributed by atoms with E-state index in [4.69, 9.17) is 0 Å². The van der Waals surface area contributed by atoms with Gasteiger partial charge in [-0.25, -0.2) is 4.79 Å². The van der Waals surface area contributed by atoms with Crippen LogP contribution in [0.15, 0.2) is 29.3 Å². The lowest BCUT2D eigenvalue weighted by Crippen LogP contribution is -2.43. The average Bonchev–Trinajstić information content (AvgIpc) is 2.89. The molecule has 0 aromatic heterocycles. The highest BCUT2D eigenvalue weighted by Gasteiger charge is 2.45. The van der Waals surface area contributed by atoms with Gasteiger partial charge in [-0.05, 0) is 39.2 Å². The summed E-state index contributed by atoms with van der Waals surface area (Å²) in [5, 5.41) is 6.08. The summed E-state index contributed by atoms with van der Waals surface area (Å²) in [7, 11) is 2.01. The van der Waals surface area contributed by atoms with E-state index in [-0.39, 0.29) is 11.9 Å². The van der Waals surface area contributed by atoms with Crippen molar-refractivity contribution >= 4 is 17.9 Å². The fourth-order valence-electron chi connectivity index (χ4n) is 3.12. The van der Waals surface area contributed by atoms with Crippen molar-refractivity contribution in [1.29, 1.82) is 0 Å². The Morgan fingerprint density at radius 3 is 2.50 bits per heavy atom. The van der Waals surface area contributed by atoms with Crippen LogP contribution in [-0.4, -0.2) is 59.9 Å². The van der Waals surface area contributed by atoms with Crippen LogP contribution in [0.3, 0.4) is 0 Å². The van der Waals surface area contributed by atoms with E-state index in [1.54, 1.807) is 6.92 Å². The molecule has 154 valence electrons. The molecule has 1 unspecified atom stereocenters. The van der Waals surface area contributed by atoms with Gasteiger partial charge in [0.1, 0.15) is 5.54 Å². The number of urea groups is 1. The van der Waals surface area contributed by atoms with Gasteiger partial charge in [0.15, 0.2) is 5.96 Å². The van der Waals surface area contributed by atoms with E-state index < -0.39 is 5.54 Å². The highest BCUT2D eigenvalue weighted by atomic mass is 16.2. The van der Waals surface area contributed by atoms with Crippen LogP contribution in [0, 0.1) is 6.92 Å². The molecular weight excluding hydrogens is 354 g/mol. The Hall–Kier alpha value is -2.57. The van der Waals surface area contributed by atoms with Crippen LogP contribution in [-0.2, 0) is 11.3 Å². The van der Waals surface area contributed by atoms with Gasteiger partial charge >= 0.3 is 6.03 Å². The minimum Gasteiger partial charge on any atom is -0.357 e. The fourth-order valence-corrected chi connectivity index (χ4v) is 3.12. The molecule has 1 aromatic carbocycles. The van der Waals surface area contributed by atoms with Crippen molar-refractivity contribution in [3.05, 3.63) is 35.4 Å². The van der Waals surface area contributed by atoms with E-state index in [9.17, 15) is 9.59 Å². The second kappa shape index (κ2) is 9.57. The Bertz CT molecular complexity index is 716. The minimum absolute atomic E-state index is 0.146. The number of benzene rings is 1. The number of hydrogen-bond donors (Lipinski definition) is 2. The molecule has 1 aromatic rings. The Morgan fingerprint density at radius 2 is 1.93 bits per heavy atom. The van der Waals surface area contributed by atoms with Crippen LogP contribution < -0.4 is 10.6 Å². The van der Waals surface area contributed by atoms with Gasteiger partial charge in [0, 0.05) is 33.2 Å². The molecule has 1 fully saturated rings. The first-order valence-electron chi connectivity index (χ1n) is 9.99. The number of nitrogens with zero attached hydrogens (tertiary/aromatic N) is 3. The second-order valence-electron chi connectivity index (χ2n) is 7.50. The van der Waals surface area contributed by atoms with Crippen LogP contribution in [0.1, 0.15) is 44.7 Å². The summed E-state index contributed by atoms with van der Waals surface area (Å²) in [5.74, 6) is 0.672. The summed E-state index contributed by atoms with van der Waals surface area (Å²) in [5.41, 5.74) is 1.69.